The van der Waals surface area contributed by atoms with Crippen LogP contribution in [0.15, 0.2) is 22.9 Å². The van der Waals surface area contributed by atoms with Crippen LogP contribution in [0.5, 0.6) is 0 Å². The Balaban J connectivity index is 1.96. The summed E-state index contributed by atoms with van der Waals surface area (Å²) in [4.78, 5) is 27.7. The van der Waals surface area contributed by atoms with E-state index in [1.54, 1.807) is 5.38 Å². The second kappa shape index (κ2) is 5.20. The Morgan fingerprint density at radius 1 is 1.41 bits per heavy atom. The molecule has 1 N–H and O–H groups in total. The molecule has 0 saturated heterocycles. The number of amides is 1. The van der Waals surface area contributed by atoms with Crippen LogP contribution in [0.2, 0.25) is 0 Å². The summed E-state index contributed by atoms with van der Waals surface area (Å²) in [5, 5.41) is 6.72. The number of thiophene rings is 1. The van der Waals surface area contributed by atoms with E-state index in [1.165, 1.54) is 29.6 Å². The molecule has 1 amide bonds. The fourth-order valence-corrected chi connectivity index (χ4v) is 2.70. The van der Waals surface area contributed by atoms with Crippen molar-refractivity contribution in [2.45, 2.75) is 13.3 Å². The summed E-state index contributed by atoms with van der Waals surface area (Å²) in [6.45, 7) is 1.45. The summed E-state index contributed by atoms with van der Waals surface area (Å²) in [6.07, 6.45) is 0.340. The quantitative estimate of drug-likeness (QED) is 0.865. The van der Waals surface area contributed by atoms with Crippen molar-refractivity contribution in [3.05, 3.63) is 33.5 Å². The van der Waals surface area contributed by atoms with E-state index < -0.39 is 0 Å². The number of aromatic nitrogens is 1. The Labute approximate surface area is 106 Å². The third-order valence-corrected chi connectivity index (χ3v) is 3.66. The average Bonchev–Trinajstić information content (AvgIpc) is 2.88. The van der Waals surface area contributed by atoms with E-state index in [1.807, 2.05) is 17.5 Å². The molecule has 88 valence electrons. The van der Waals surface area contributed by atoms with Gasteiger partial charge < -0.3 is 5.32 Å². The molecule has 6 heteroatoms. The van der Waals surface area contributed by atoms with Crippen LogP contribution < -0.4 is 5.32 Å². The van der Waals surface area contributed by atoms with Gasteiger partial charge in [-0.05, 0) is 11.4 Å². The molecule has 2 heterocycles. The summed E-state index contributed by atoms with van der Waals surface area (Å²) in [7, 11) is 0. The lowest BCUT2D eigenvalue weighted by molar-refractivity contribution is -0.115. The van der Waals surface area contributed by atoms with Gasteiger partial charge in [-0.1, -0.05) is 6.07 Å². The molecule has 0 atom stereocenters. The second-order valence-corrected chi connectivity index (χ2v) is 5.29. The maximum absolute atomic E-state index is 11.6. The summed E-state index contributed by atoms with van der Waals surface area (Å²) in [5.41, 5.74) is 0.390. The highest BCUT2D eigenvalue weighted by atomic mass is 32.1. The molecular formula is C11H10N2O2S2. The van der Waals surface area contributed by atoms with Gasteiger partial charge in [0.2, 0.25) is 5.91 Å². The van der Waals surface area contributed by atoms with Gasteiger partial charge in [0.15, 0.2) is 10.9 Å². The third-order valence-electron chi connectivity index (χ3n) is 2.03. The molecule has 2 aromatic rings. The van der Waals surface area contributed by atoms with Crippen molar-refractivity contribution < 1.29 is 9.59 Å². The van der Waals surface area contributed by atoms with E-state index in [0.29, 0.717) is 17.2 Å². The molecule has 0 aliphatic rings. The Morgan fingerprint density at radius 2 is 2.24 bits per heavy atom. The van der Waals surface area contributed by atoms with E-state index >= 15 is 0 Å². The van der Waals surface area contributed by atoms with E-state index in [0.717, 1.165) is 4.88 Å². The molecule has 0 spiro atoms. The predicted molar refractivity (Wildman–Crippen MR) is 68.8 cm³/mol. The minimum absolute atomic E-state index is 0.0972. The van der Waals surface area contributed by atoms with Crippen molar-refractivity contribution in [1.82, 2.24) is 4.98 Å². The lowest BCUT2D eigenvalue weighted by Crippen LogP contribution is -2.13. The number of hydrogen-bond acceptors (Lipinski definition) is 5. The number of anilines is 1. The van der Waals surface area contributed by atoms with Crippen LogP contribution in [0.25, 0.3) is 0 Å². The van der Waals surface area contributed by atoms with Crippen LogP contribution in [-0.2, 0) is 11.2 Å². The van der Waals surface area contributed by atoms with Crippen molar-refractivity contribution in [1.29, 1.82) is 0 Å². The SMILES string of the molecule is CC(=O)c1csc(NC(=O)Cc2cccs2)n1. The zero-order chi connectivity index (χ0) is 12.3. The van der Waals surface area contributed by atoms with Crippen LogP contribution in [0.1, 0.15) is 22.3 Å². The molecule has 0 bridgehead atoms. The number of nitrogens with one attached hydrogen (secondary N) is 1. The molecule has 17 heavy (non-hydrogen) atoms. The number of rotatable bonds is 4. The summed E-state index contributed by atoms with van der Waals surface area (Å²) in [6, 6.07) is 3.82. The van der Waals surface area contributed by atoms with Crippen LogP contribution in [0.4, 0.5) is 5.13 Å². The minimum atomic E-state index is -0.114. The van der Waals surface area contributed by atoms with Crippen molar-refractivity contribution in [2.75, 3.05) is 5.32 Å². The molecule has 0 aromatic carbocycles. The van der Waals surface area contributed by atoms with Gasteiger partial charge in [-0.15, -0.1) is 22.7 Å². The topological polar surface area (TPSA) is 59.1 Å². The zero-order valence-electron chi connectivity index (χ0n) is 9.10. The van der Waals surface area contributed by atoms with Gasteiger partial charge in [-0.3, -0.25) is 9.59 Å². The second-order valence-electron chi connectivity index (χ2n) is 3.40. The summed E-state index contributed by atoms with van der Waals surface area (Å²) in [5.74, 6) is -0.211. The Kier molecular flexibility index (Phi) is 3.65. The first kappa shape index (κ1) is 11.9. The molecule has 0 aliphatic carbocycles. The van der Waals surface area contributed by atoms with Gasteiger partial charge in [0.1, 0.15) is 5.69 Å². The van der Waals surface area contributed by atoms with Crippen LogP contribution >= 0.6 is 22.7 Å². The van der Waals surface area contributed by atoms with Crippen molar-refractivity contribution >= 4 is 39.5 Å². The molecule has 0 unspecified atom stereocenters. The largest absolute Gasteiger partial charge is 0.302 e. The minimum Gasteiger partial charge on any atom is -0.302 e. The predicted octanol–water partition coefficient (Wildman–Crippen LogP) is 2.59. The Morgan fingerprint density at radius 3 is 2.82 bits per heavy atom. The number of ketones is 1. The van der Waals surface area contributed by atoms with E-state index in [-0.39, 0.29) is 11.7 Å². The van der Waals surface area contributed by atoms with Crippen LogP contribution in [0, 0.1) is 0 Å². The van der Waals surface area contributed by atoms with Gasteiger partial charge in [0.25, 0.3) is 0 Å². The maximum atomic E-state index is 11.6. The van der Waals surface area contributed by atoms with Gasteiger partial charge in [-0.25, -0.2) is 4.98 Å². The van der Waals surface area contributed by atoms with Gasteiger partial charge in [0.05, 0.1) is 6.42 Å². The number of carbonyl (C=O) groups excluding carboxylic acids is 2. The van der Waals surface area contributed by atoms with Crippen molar-refractivity contribution in [2.24, 2.45) is 0 Å². The molecule has 2 rings (SSSR count). The number of hydrogen-bond donors (Lipinski definition) is 1. The fraction of sp³-hybridized carbons (Fsp3) is 0.182. The summed E-state index contributed by atoms with van der Waals surface area (Å²) < 4.78 is 0. The lowest BCUT2D eigenvalue weighted by atomic mass is 10.3. The number of carbonyl (C=O) groups is 2. The molecule has 0 radical (unpaired) electrons. The normalized spacial score (nSPS) is 10.2. The Hall–Kier alpha value is -1.53. The molecule has 0 aliphatic heterocycles. The number of thiazole rings is 1. The summed E-state index contributed by atoms with van der Waals surface area (Å²) >= 11 is 2.80. The molecule has 4 nitrogen and oxygen atoms in total. The molecule has 0 fully saturated rings. The first-order chi connectivity index (χ1) is 8.15. The average molecular weight is 266 g/mol. The highest BCUT2D eigenvalue weighted by molar-refractivity contribution is 7.14. The standard InChI is InChI=1S/C11H10N2O2S2/c1-7(14)9-6-17-11(12-9)13-10(15)5-8-3-2-4-16-8/h2-4,6H,5H2,1H3,(H,12,13,15). The monoisotopic (exact) mass is 266 g/mol. The fourth-order valence-electron chi connectivity index (χ4n) is 1.23. The first-order valence-electron chi connectivity index (χ1n) is 4.94. The van der Waals surface area contributed by atoms with E-state index in [4.69, 9.17) is 0 Å². The highest BCUT2D eigenvalue weighted by Crippen LogP contribution is 2.16. The smallest absolute Gasteiger partial charge is 0.231 e. The van der Waals surface area contributed by atoms with E-state index in [2.05, 4.69) is 10.3 Å². The maximum Gasteiger partial charge on any atom is 0.231 e. The zero-order valence-corrected chi connectivity index (χ0v) is 10.7. The molecule has 2 aromatic heterocycles. The first-order valence-corrected chi connectivity index (χ1v) is 6.70. The van der Waals surface area contributed by atoms with Crippen molar-refractivity contribution in [3.63, 3.8) is 0 Å². The van der Waals surface area contributed by atoms with E-state index in [9.17, 15) is 9.59 Å². The number of nitrogens with zero attached hydrogens (tertiary/aromatic N) is 1. The van der Waals surface area contributed by atoms with Crippen molar-refractivity contribution in [3.8, 4) is 0 Å². The lowest BCUT2D eigenvalue weighted by Gasteiger charge is -1.98. The highest BCUT2D eigenvalue weighted by Gasteiger charge is 2.09. The Bertz CT molecular complexity index is 531. The van der Waals surface area contributed by atoms with Gasteiger partial charge in [-0.2, -0.15) is 0 Å². The third kappa shape index (κ3) is 3.21. The molecular weight excluding hydrogens is 256 g/mol. The van der Waals surface area contributed by atoms with Gasteiger partial charge >= 0.3 is 0 Å². The van der Waals surface area contributed by atoms with Crippen LogP contribution in [0.3, 0.4) is 0 Å². The molecule has 0 saturated carbocycles. The van der Waals surface area contributed by atoms with Gasteiger partial charge in [0, 0.05) is 17.2 Å². The van der Waals surface area contributed by atoms with Crippen LogP contribution in [-0.4, -0.2) is 16.7 Å². The number of Topliss-reactive ketones (excluding diaryl/α,β-unsaturated/α-hetero) is 1.